The third kappa shape index (κ3) is 3.35. The molecule has 0 unspecified atom stereocenters. The van der Waals surface area contributed by atoms with Crippen LogP contribution in [0.4, 0.5) is 0 Å². The highest BCUT2D eigenvalue weighted by molar-refractivity contribution is 6.30. The molecule has 0 aliphatic heterocycles. The number of nitrogens with zero attached hydrogens (tertiary/aromatic N) is 2. The van der Waals surface area contributed by atoms with Gasteiger partial charge in [0.1, 0.15) is 0 Å². The summed E-state index contributed by atoms with van der Waals surface area (Å²) < 4.78 is 0. The lowest BCUT2D eigenvalue weighted by Crippen LogP contribution is -2.14. The van der Waals surface area contributed by atoms with Crippen molar-refractivity contribution >= 4 is 11.6 Å². The van der Waals surface area contributed by atoms with Gasteiger partial charge in [0.25, 0.3) is 0 Å². The number of halogens is 1. The molecule has 1 rings (SSSR count). The summed E-state index contributed by atoms with van der Waals surface area (Å²) in [6.07, 6.45) is 2.93. The lowest BCUT2D eigenvalue weighted by atomic mass is 10.1. The van der Waals surface area contributed by atoms with Gasteiger partial charge in [-0.05, 0) is 24.1 Å². The van der Waals surface area contributed by atoms with E-state index in [0.717, 1.165) is 18.0 Å². The molecule has 0 spiro atoms. The van der Waals surface area contributed by atoms with Crippen LogP contribution < -0.4 is 0 Å². The van der Waals surface area contributed by atoms with E-state index < -0.39 is 0 Å². The van der Waals surface area contributed by atoms with Gasteiger partial charge in [-0.1, -0.05) is 23.7 Å². The van der Waals surface area contributed by atoms with Gasteiger partial charge in [0, 0.05) is 18.6 Å². The van der Waals surface area contributed by atoms with Crippen LogP contribution in [-0.4, -0.2) is 18.5 Å². The van der Waals surface area contributed by atoms with E-state index >= 15 is 0 Å². The molecular weight excluding hydrogens is 184 g/mol. The summed E-state index contributed by atoms with van der Waals surface area (Å²) in [5.41, 5.74) is 1.20. The Labute approximate surface area is 83.3 Å². The maximum atomic E-state index is 8.51. The second kappa shape index (κ2) is 4.74. The molecule has 0 aromatic heterocycles. The third-order valence-corrected chi connectivity index (χ3v) is 2.07. The van der Waals surface area contributed by atoms with Gasteiger partial charge < -0.3 is 4.90 Å². The van der Waals surface area contributed by atoms with Crippen molar-refractivity contribution in [1.29, 1.82) is 5.26 Å². The zero-order valence-electron chi connectivity index (χ0n) is 7.50. The molecule has 0 aliphatic carbocycles. The summed E-state index contributed by atoms with van der Waals surface area (Å²) >= 11 is 5.74. The third-order valence-electron chi connectivity index (χ3n) is 1.82. The Morgan fingerprint density at radius 1 is 1.38 bits per heavy atom. The van der Waals surface area contributed by atoms with Gasteiger partial charge >= 0.3 is 0 Å². The second-order valence-corrected chi connectivity index (χ2v) is 3.33. The average Bonchev–Trinajstić information content (AvgIpc) is 2.16. The van der Waals surface area contributed by atoms with Crippen molar-refractivity contribution in [3.63, 3.8) is 0 Å². The molecule has 68 valence electrons. The van der Waals surface area contributed by atoms with Gasteiger partial charge in [0.15, 0.2) is 6.19 Å². The minimum absolute atomic E-state index is 0.748. The Hall–Kier alpha value is -1.20. The normalized spacial score (nSPS) is 9.31. The lowest BCUT2D eigenvalue weighted by Gasteiger charge is -2.07. The Morgan fingerprint density at radius 2 is 2.00 bits per heavy atom. The summed E-state index contributed by atoms with van der Waals surface area (Å²) in [6.45, 7) is 0.748. The van der Waals surface area contributed by atoms with Crippen LogP contribution in [0.15, 0.2) is 24.3 Å². The zero-order valence-corrected chi connectivity index (χ0v) is 8.25. The quantitative estimate of drug-likeness (QED) is 0.546. The monoisotopic (exact) mass is 194 g/mol. The first-order valence-corrected chi connectivity index (χ1v) is 4.45. The van der Waals surface area contributed by atoms with Gasteiger partial charge in [0.2, 0.25) is 0 Å². The predicted molar refractivity (Wildman–Crippen MR) is 53.4 cm³/mol. The van der Waals surface area contributed by atoms with Crippen molar-refractivity contribution in [3.8, 4) is 6.19 Å². The minimum Gasteiger partial charge on any atom is -0.313 e. The molecule has 0 radical (unpaired) electrons. The first kappa shape index (κ1) is 9.88. The maximum Gasteiger partial charge on any atom is 0.179 e. The molecule has 0 atom stereocenters. The van der Waals surface area contributed by atoms with Crippen molar-refractivity contribution in [2.45, 2.75) is 6.42 Å². The largest absolute Gasteiger partial charge is 0.313 e. The van der Waals surface area contributed by atoms with Gasteiger partial charge in [0.05, 0.1) is 0 Å². The number of rotatable bonds is 3. The number of benzene rings is 1. The molecule has 0 amide bonds. The van der Waals surface area contributed by atoms with Crippen LogP contribution in [0.1, 0.15) is 5.56 Å². The average molecular weight is 195 g/mol. The van der Waals surface area contributed by atoms with Gasteiger partial charge in [-0.25, -0.2) is 0 Å². The number of nitriles is 1. The summed E-state index contributed by atoms with van der Waals surface area (Å²) in [4.78, 5) is 1.61. The molecular formula is C10H11ClN2. The van der Waals surface area contributed by atoms with Crippen LogP contribution >= 0.6 is 11.6 Å². The van der Waals surface area contributed by atoms with Crippen LogP contribution in [0.3, 0.4) is 0 Å². The highest BCUT2D eigenvalue weighted by Crippen LogP contribution is 2.09. The van der Waals surface area contributed by atoms with Crippen molar-refractivity contribution in [2.24, 2.45) is 0 Å². The topological polar surface area (TPSA) is 27.0 Å². The fourth-order valence-corrected chi connectivity index (χ4v) is 1.12. The molecule has 0 N–H and O–H groups in total. The highest BCUT2D eigenvalue weighted by Gasteiger charge is 1.96. The van der Waals surface area contributed by atoms with Crippen molar-refractivity contribution < 1.29 is 0 Å². The SMILES string of the molecule is CN(C#N)CCc1ccc(Cl)cc1. The van der Waals surface area contributed by atoms with Gasteiger partial charge in [-0.2, -0.15) is 5.26 Å². The Kier molecular flexibility index (Phi) is 3.60. The predicted octanol–water partition coefficient (Wildman–Crippen LogP) is 2.30. The molecule has 2 nitrogen and oxygen atoms in total. The van der Waals surface area contributed by atoms with E-state index in [1.807, 2.05) is 24.3 Å². The molecule has 0 bridgehead atoms. The second-order valence-electron chi connectivity index (χ2n) is 2.90. The molecule has 0 aliphatic rings. The summed E-state index contributed by atoms with van der Waals surface area (Å²) in [7, 11) is 1.77. The molecule has 0 saturated heterocycles. The van der Waals surface area contributed by atoms with Crippen molar-refractivity contribution in [3.05, 3.63) is 34.9 Å². The molecule has 1 aromatic carbocycles. The van der Waals surface area contributed by atoms with Crippen molar-refractivity contribution in [1.82, 2.24) is 4.90 Å². The number of hydrogen-bond donors (Lipinski definition) is 0. The van der Waals surface area contributed by atoms with E-state index in [1.165, 1.54) is 5.56 Å². The van der Waals surface area contributed by atoms with Gasteiger partial charge in [-0.15, -0.1) is 0 Å². The molecule has 1 aromatic rings. The molecule has 0 saturated carbocycles. The summed E-state index contributed by atoms with van der Waals surface area (Å²) in [5, 5.41) is 9.26. The van der Waals surface area contributed by atoms with Crippen LogP contribution in [-0.2, 0) is 6.42 Å². The van der Waals surface area contributed by atoms with E-state index in [-0.39, 0.29) is 0 Å². The van der Waals surface area contributed by atoms with E-state index in [4.69, 9.17) is 16.9 Å². The van der Waals surface area contributed by atoms with Crippen LogP contribution in [0.25, 0.3) is 0 Å². The van der Waals surface area contributed by atoms with Gasteiger partial charge in [-0.3, -0.25) is 0 Å². The smallest absolute Gasteiger partial charge is 0.179 e. The van der Waals surface area contributed by atoms with Crippen LogP contribution in [0.2, 0.25) is 5.02 Å². The van der Waals surface area contributed by atoms with E-state index in [0.29, 0.717) is 0 Å². The minimum atomic E-state index is 0.748. The maximum absolute atomic E-state index is 8.51. The number of hydrogen-bond acceptors (Lipinski definition) is 2. The molecule has 0 fully saturated rings. The van der Waals surface area contributed by atoms with Crippen LogP contribution in [0, 0.1) is 11.5 Å². The fraction of sp³-hybridized carbons (Fsp3) is 0.300. The van der Waals surface area contributed by atoms with Crippen LogP contribution in [0.5, 0.6) is 0 Å². The van der Waals surface area contributed by atoms with E-state index in [1.54, 1.807) is 11.9 Å². The Balaban J connectivity index is 2.47. The first-order valence-electron chi connectivity index (χ1n) is 4.07. The Morgan fingerprint density at radius 3 is 2.54 bits per heavy atom. The number of likely N-dealkylation sites (N-methyl/N-ethyl adjacent to an activating group) is 1. The standard InChI is InChI=1S/C10H11ClN2/c1-13(8-12)7-6-9-2-4-10(11)5-3-9/h2-5H,6-7H2,1H3. The van der Waals surface area contributed by atoms with E-state index in [9.17, 15) is 0 Å². The summed E-state index contributed by atoms with van der Waals surface area (Å²) in [5.74, 6) is 0. The first-order chi connectivity index (χ1) is 6.22. The van der Waals surface area contributed by atoms with E-state index in [2.05, 4.69) is 6.19 Å². The molecule has 0 heterocycles. The molecule has 13 heavy (non-hydrogen) atoms. The molecule has 3 heteroatoms. The summed E-state index contributed by atoms with van der Waals surface area (Å²) in [6, 6.07) is 7.69. The Bertz CT molecular complexity index is 300. The van der Waals surface area contributed by atoms with Crippen molar-refractivity contribution in [2.75, 3.05) is 13.6 Å². The lowest BCUT2D eigenvalue weighted by molar-refractivity contribution is 0.478. The zero-order chi connectivity index (χ0) is 9.68. The fourth-order valence-electron chi connectivity index (χ4n) is 0.998. The highest BCUT2D eigenvalue weighted by atomic mass is 35.5.